The summed E-state index contributed by atoms with van der Waals surface area (Å²) >= 11 is 0. The third-order valence-corrected chi connectivity index (χ3v) is 6.13. The summed E-state index contributed by atoms with van der Waals surface area (Å²) < 4.78 is 31.1. The highest BCUT2D eigenvalue weighted by Crippen LogP contribution is 2.30. The van der Waals surface area contributed by atoms with Gasteiger partial charge in [0.25, 0.3) is 0 Å². The molecule has 0 aliphatic heterocycles. The molecule has 0 saturated heterocycles. The fourth-order valence-corrected chi connectivity index (χ4v) is 3.15. The Bertz CT molecular complexity index is 1010. The summed E-state index contributed by atoms with van der Waals surface area (Å²) in [7, 11) is 0. The third kappa shape index (κ3) is 15.5. The second-order valence-corrected chi connectivity index (χ2v) is 11.3. The van der Waals surface area contributed by atoms with E-state index < -0.39 is 36.6 Å². The van der Waals surface area contributed by atoms with E-state index in [1.807, 2.05) is 41.5 Å². The first-order valence-electron chi connectivity index (χ1n) is 14.3. The van der Waals surface area contributed by atoms with Gasteiger partial charge < -0.3 is 38.8 Å². The van der Waals surface area contributed by atoms with Crippen LogP contribution in [-0.2, 0) is 30.2 Å². The van der Waals surface area contributed by atoms with Crippen LogP contribution in [0.4, 0.5) is 14.4 Å². The van der Waals surface area contributed by atoms with E-state index >= 15 is 0 Å². The molecule has 1 rings (SSSR count). The van der Waals surface area contributed by atoms with E-state index in [1.54, 1.807) is 13.8 Å². The minimum Gasteiger partial charge on any atom is -0.480 e. The first-order valence-corrected chi connectivity index (χ1v) is 14.3. The van der Waals surface area contributed by atoms with Gasteiger partial charge in [0, 0.05) is 6.54 Å². The standard InChI is InChI=1S/C30H47NO11/c1-18(2)11-13-37-28(34)41-25-10-9-23(16-26(25)42-29(35)38-14-12-19(3)4)15-24(27(32)33)31-17-21(7)39-30(36)40-22(8)20(5)6/h9-10,16,18-22,24,31H,11-15,17H2,1-8H3,(H,32,33)/t21?,22?,24-/m0/s1. The topological polar surface area (TPSA) is 156 Å². The van der Waals surface area contributed by atoms with E-state index in [2.05, 4.69) is 5.32 Å². The van der Waals surface area contributed by atoms with Crippen LogP contribution >= 0.6 is 0 Å². The second-order valence-electron chi connectivity index (χ2n) is 11.3. The predicted octanol–water partition coefficient (Wildman–Crippen LogP) is 5.98. The lowest BCUT2D eigenvalue weighted by Gasteiger charge is -2.21. The van der Waals surface area contributed by atoms with Crippen molar-refractivity contribution in [2.75, 3.05) is 19.8 Å². The first kappa shape index (κ1) is 36.5. The Morgan fingerprint density at radius 2 is 1.31 bits per heavy atom. The van der Waals surface area contributed by atoms with Crippen molar-refractivity contribution in [1.29, 1.82) is 0 Å². The first-order chi connectivity index (χ1) is 19.7. The lowest BCUT2D eigenvalue weighted by atomic mass is 10.0. The number of nitrogens with one attached hydrogen (secondary N) is 1. The summed E-state index contributed by atoms with van der Waals surface area (Å²) in [5.74, 6) is -0.628. The molecule has 0 aliphatic carbocycles. The maximum atomic E-state index is 12.3. The number of ether oxygens (including phenoxy) is 6. The van der Waals surface area contributed by atoms with Crippen molar-refractivity contribution in [3.05, 3.63) is 23.8 Å². The number of rotatable bonds is 17. The molecule has 1 aromatic rings. The molecule has 1 aromatic carbocycles. The van der Waals surface area contributed by atoms with Crippen LogP contribution in [0.15, 0.2) is 18.2 Å². The highest BCUT2D eigenvalue weighted by molar-refractivity contribution is 5.74. The van der Waals surface area contributed by atoms with Crippen molar-refractivity contribution in [1.82, 2.24) is 5.32 Å². The van der Waals surface area contributed by atoms with Gasteiger partial charge in [0.2, 0.25) is 0 Å². The molecule has 0 aliphatic rings. The van der Waals surface area contributed by atoms with Gasteiger partial charge in [-0.3, -0.25) is 4.79 Å². The molecule has 0 aromatic heterocycles. The molecule has 0 saturated carbocycles. The Morgan fingerprint density at radius 1 is 0.762 bits per heavy atom. The predicted molar refractivity (Wildman–Crippen MR) is 154 cm³/mol. The SMILES string of the molecule is CC(C)CCOC(=O)Oc1ccc(C[C@H](NCC(C)OC(=O)OC(C)C(C)C)C(=O)O)cc1OC(=O)OCCC(C)C. The van der Waals surface area contributed by atoms with Crippen LogP contribution in [-0.4, -0.2) is 67.6 Å². The van der Waals surface area contributed by atoms with Crippen molar-refractivity contribution in [3.8, 4) is 11.5 Å². The maximum Gasteiger partial charge on any atom is 0.513 e. The van der Waals surface area contributed by atoms with Gasteiger partial charge in [-0.05, 0) is 68.6 Å². The Kier molecular flexibility index (Phi) is 16.3. The lowest BCUT2D eigenvalue weighted by Crippen LogP contribution is -2.43. The molecule has 2 unspecified atom stereocenters. The van der Waals surface area contributed by atoms with Gasteiger partial charge in [-0.2, -0.15) is 0 Å². The molecular weight excluding hydrogens is 550 g/mol. The van der Waals surface area contributed by atoms with Gasteiger partial charge in [0.1, 0.15) is 18.2 Å². The van der Waals surface area contributed by atoms with Crippen LogP contribution in [0.1, 0.15) is 73.8 Å². The van der Waals surface area contributed by atoms with Crippen LogP contribution in [0.5, 0.6) is 11.5 Å². The van der Waals surface area contributed by atoms with E-state index in [0.717, 1.165) is 0 Å². The number of benzene rings is 1. The van der Waals surface area contributed by atoms with Crippen molar-refractivity contribution >= 4 is 24.4 Å². The van der Waals surface area contributed by atoms with Crippen LogP contribution < -0.4 is 14.8 Å². The molecule has 0 spiro atoms. The number of carbonyl (C=O) groups is 4. The number of carboxylic acids is 1. The molecule has 42 heavy (non-hydrogen) atoms. The summed E-state index contributed by atoms with van der Waals surface area (Å²) in [4.78, 5) is 48.5. The number of aliphatic carboxylic acids is 1. The van der Waals surface area contributed by atoms with Crippen LogP contribution in [0.25, 0.3) is 0 Å². The van der Waals surface area contributed by atoms with E-state index in [-0.39, 0.29) is 49.7 Å². The summed E-state index contributed by atoms with van der Waals surface area (Å²) in [5, 5.41) is 12.6. The van der Waals surface area contributed by atoms with E-state index in [1.165, 1.54) is 18.2 Å². The van der Waals surface area contributed by atoms with Crippen LogP contribution in [0.2, 0.25) is 0 Å². The molecule has 0 radical (unpaired) electrons. The minimum atomic E-state index is -1.15. The molecule has 0 bridgehead atoms. The van der Waals surface area contributed by atoms with Crippen molar-refractivity contribution < 1.29 is 52.7 Å². The summed E-state index contributed by atoms with van der Waals surface area (Å²) in [6.07, 6.45) is -2.57. The monoisotopic (exact) mass is 597 g/mol. The molecule has 2 N–H and O–H groups in total. The lowest BCUT2D eigenvalue weighted by molar-refractivity contribution is -0.139. The maximum absolute atomic E-state index is 12.3. The molecule has 0 heterocycles. The van der Waals surface area contributed by atoms with E-state index in [0.29, 0.717) is 30.2 Å². The largest absolute Gasteiger partial charge is 0.513 e. The number of carbonyl (C=O) groups excluding carboxylic acids is 3. The van der Waals surface area contributed by atoms with Gasteiger partial charge in [-0.1, -0.05) is 47.6 Å². The number of hydrogen-bond acceptors (Lipinski definition) is 11. The van der Waals surface area contributed by atoms with Crippen molar-refractivity contribution in [2.24, 2.45) is 17.8 Å². The quantitative estimate of drug-likeness (QED) is 0.123. The normalized spacial score (nSPS) is 13.3. The Labute approximate surface area is 248 Å². The van der Waals surface area contributed by atoms with E-state index in [9.17, 15) is 24.3 Å². The Balaban J connectivity index is 2.95. The fourth-order valence-electron chi connectivity index (χ4n) is 3.15. The molecule has 0 amide bonds. The average molecular weight is 598 g/mol. The van der Waals surface area contributed by atoms with Crippen LogP contribution in [0, 0.1) is 17.8 Å². The highest BCUT2D eigenvalue weighted by Gasteiger charge is 2.23. The molecule has 0 fully saturated rings. The summed E-state index contributed by atoms with van der Waals surface area (Å²) in [6.45, 7) is 15.4. The zero-order chi connectivity index (χ0) is 31.8. The van der Waals surface area contributed by atoms with Gasteiger partial charge in [0.15, 0.2) is 11.5 Å². The zero-order valence-corrected chi connectivity index (χ0v) is 26.0. The van der Waals surface area contributed by atoms with Crippen molar-refractivity contribution in [3.63, 3.8) is 0 Å². The molecule has 238 valence electrons. The Hall–Kier alpha value is -3.54. The number of carboxylic acid groups (broad SMARTS) is 1. The molecule has 3 atom stereocenters. The van der Waals surface area contributed by atoms with Gasteiger partial charge in [-0.15, -0.1) is 0 Å². The summed E-state index contributed by atoms with van der Waals surface area (Å²) in [5.41, 5.74) is 0.458. The molecular formula is C30H47NO11. The Morgan fingerprint density at radius 3 is 1.81 bits per heavy atom. The fraction of sp³-hybridized carbons (Fsp3) is 0.667. The molecule has 12 heteroatoms. The van der Waals surface area contributed by atoms with Crippen molar-refractivity contribution in [2.45, 2.75) is 92.9 Å². The van der Waals surface area contributed by atoms with Gasteiger partial charge in [-0.25, -0.2) is 14.4 Å². The highest BCUT2D eigenvalue weighted by atomic mass is 16.7. The third-order valence-electron chi connectivity index (χ3n) is 6.13. The number of hydrogen-bond donors (Lipinski definition) is 2. The average Bonchev–Trinajstić information content (AvgIpc) is 2.87. The molecule has 12 nitrogen and oxygen atoms in total. The second kappa shape index (κ2) is 18.8. The van der Waals surface area contributed by atoms with E-state index in [4.69, 9.17) is 28.4 Å². The van der Waals surface area contributed by atoms with Crippen LogP contribution in [0.3, 0.4) is 0 Å². The van der Waals surface area contributed by atoms with Gasteiger partial charge >= 0.3 is 24.4 Å². The van der Waals surface area contributed by atoms with Gasteiger partial charge in [0.05, 0.1) is 13.2 Å². The smallest absolute Gasteiger partial charge is 0.480 e. The zero-order valence-electron chi connectivity index (χ0n) is 26.0. The minimum absolute atomic E-state index is 0.0330. The summed E-state index contributed by atoms with van der Waals surface area (Å²) in [6, 6.07) is 3.23.